The fraction of sp³-hybridized carbons (Fsp3) is 0.909. The second-order valence-corrected chi connectivity index (χ2v) is 5.75. The third-order valence-corrected chi connectivity index (χ3v) is 2.97. The second-order valence-electron chi connectivity index (χ2n) is 5.75. The molecule has 2 N–H and O–H groups in total. The molecule has 16 heavy (non-hydrogen) atoms. The molecule has 2 aliphatic rings. The van der Waals surface area contributed by atoms with E-state index in [1.54, 1.807) is 4.90 Å². The van der Waals surface area contributed by atoms with Gasteiger partial charge in [-0.2, -0.15) is 0 Å². The molecule has 0 aromatic carbocycles. The monoisotopic (exact) mass is 227 g/mol. The summed E-state index contributed by atoms with van der Waals surface area (Å²) in [5, 5.41) is 0. The summed E-state index contributed by atoms with van der Waals surface area (Å²) in [4.78, 5) is 15.7. The van der Waals surface area contributed by atoms with Crippen molar-refractivity contribution in [1.82, 2.24) is 9.80 Å². The first-order valence-electron chi connectivity index (χ1n) is 5.83. The fourth-order valence-electron chi connectivity index (χ4n) is 2.01. The van der Waals surface area contributed by atoms with Crippen LogP contribution in [0.3, 0.4) is 0 Å². The molecule has 0 aromatic heterocycles. The molecule has 5 heteroatoms. The Morgan fingerprint density at radius 3 is 2.25 bits per heavy atom. The van der Waals surface area contributed by atoms with Crippen molar-refractivity contribution in [3.8, 4) is 0 Å². The van der Waals surface area contributed by atoms with Crippen LogP contribution in [0.4, 0.5) is 4.79 Å². The van der Waals surface area contributed by atoms with Crippen LogP contribution in [0, 0.1) is 0 Å². The van der Waals surface area contributed by atoms with Crippen LogP contribution in [-0.4, -0.2) is 59.8 Å². The number of ether oxygens (including phenoxy) is 1. The Bertz CT molecular complexity index is 275. The van der Waals surface area contributed by atoms with Crippen LogP contribution in [0.25, 0.3) is 0 Å². The summed E-state index contributed by atoms with van der Waals surface area (Å²) in [5.74, 6) is 0. The van der Waals surface area contributed by atoms with E-state index < -0.39 is 5.60 Å². The predicted molar refractivity (Wildman–Crippen MR) is 61.1 cm³/mol. The maximum atomic E-state index is 11.6. The summed E-state index contributed by atoms with van der Waals surface area (Å²) in [5.41, 5.74) is 5.31. The van der Waals surface area contributed by atoms with Crippen molar-refractivity contribution in [2.24, 2.45) is 5.73 Å². The van der Waals surface area contributed by atoms with Crippen molar-refractivity contribution in [1.29, 1.82) is 0 Å². The lowest BCUT2D eigenvalue weighted by Gasteiger charge is -2.50. The molecule has 0 radical (unpaired) electrons. The molecule has 5 nitrogen and oxygen atoms in total. The minimum Gasteiger partial charge on any atom is -0.444 e. The Kier molecular flexibility index (Phi) is 2.84. The maximum Gasteiger partial charge on any atom is 0.410 e. The molecule has 2 fully saturated rings. The number of nitrogens with two attached hydrogens (primary N) is 1. The highest BCUT2D eigenvalue weighted by Crippen LogP contribution is 2.22. The Morgan fingerprint density at radius 2 is 1.81 bits per heavy atom. The Labute approximate surface area is 96.5 Å². The highest BCUT2D eigenvalue weighted by Gasteiger charge is 2.40. The van der Waals surface area contributed by atoms with Gasteiger partial charge < -0.3 is 15.4 Å². The predicted octanol–water partition coefficient (Wildman–Crippen LogP) is 0.249. The zero-order chi connectivity index (χ0) is 11.9. The topological polar surface area (TPSA) is 58.8 Å². The average Bonchev–Trinajstić information content (AvgIpc) is 1.94. The van der Waals surface area contributed by atoms with Gasteiger partial charge in [0.05, 0.1) is 0 Å². The van der Waals surface area contributed by atoms with Crippen molar-refractivity contribution >= 4 is 6.09 Å². The lowest BCUT2D eigenvalue weighted by atomic mass is 10.0. The molecular weight excluding hydrogens is 206 g/mol. The smallest absolute Gasteiger partial charge is 0.410 e. The van der Waals surface area contributed by atoms with Gasteiger partial charge in [-0.1, -0.05) is 0 Å². The normalized spacial score (nSPS) is 23.9. The van der Waals surface area contributed by atoms with Crippen LogP contribution in [0.1, 0.15) is 20.8 Å². The van der Waals surface area contributed by atoms with E-state index in [0.717, 1.165) is 26.2 Å². The SMILES string of the molecule is CC(C)(C)OC(=O)N1CC(N2CC(N)C2)C1. The van der Waals surface area contributed by atoms with Gasteiger partial charge in [-0.15, -0.1) is 0 Å². The third kappa shape index (κ3) is 2.47. The number of amides is 1. The Balaban J connectivity index is 1.70. The Morgan fingerprint density at radius 1 is 1.25 bits per heavy atom. The van der Waals surface area contributed by atoms with Crippen LogP contribution < -0.4 is 5.73 Å². The van der Waals surface area contributed by atoms with Crippen molar-refractivity contribution in [2.45, 2.75) is 38.5 Å². The van der Waals surface area contributed by atoms with Crippen molar-refractivity contribution < 1.29 is 9.53 Å². The summed E-state index contributed by atoms with van der Waals surface area (Å²) < 4.78 is 5.29. The van der Waals surface area contributed by atoms with Crippen LogP contribution in [0.15, 0.2) is 0 Å². The molecule has 0 aliphatic carbocycles. The molecule has 2 heterocycles. The molecule has 2 rings (SSSR count). The van der Waals surface area contributed by atoms with Gasteiger partial charge in [0.15, 0.2) is 0 Å². The van der Waals surface area contributed by atoms with Gasteiger partial charge in [-0.3, -0.25) is 4.90 Å². The quantitative estimate of drug-likeness (QED) is 0.697. The van der Waals surface area contributed by atoms with Crippen LogP contribution >= 0.6 is 0 Å². The minimum absolute atomic E-state index is 0.200. The van der Waals surface area contributed by atoms with E-state index >= 15 is 0 Å². The summed E-state index contributed by atoms with van der Waals surface area (Å²) >= 11 is 0. The lowest BCUT2D eigenvalue weighted by molar-refractivity contribution is -0.0328. The largest absolute Gasteiger partial charge is 0.444 e. The summed E-state index contributed by atoms with van der Waals surface area (Å²) in [6.45, 7) is 9.15. The summed E-state index contributed by atoms with van der Waals surface area (Å²) in [7, 11) is 0. The molecular formula is C11H21N3O2. The van der Waals surface area contributed by atoms with Gasteiger partial charge in [-0.05, 0) is 20.8 Å². The van der Waals surface area contributed by atoms with Crippen molar-refractivity contribution in [3.63, 3.8) is 0 Å². The van der Waals surface area contributed by atoms with Crippen LogP contribution in [-0.2, 0) is 4.74 Å². The molecule has 0 saturated carbocycles. The van der Waals surface area contributed by atoms with Gasteiger partial charge in [0.1, 0.15) is 5.60 Å². The van der Waals surface area contributed by atoms with Gasteiger partial charge >= 0.3 is 6.09 Å². The van der Waals surface area contributed by atoms with Crippen LogP contribution in [0.2, 0.25) is 0 Å². The molecule has 0 bridgehead atoms. The van der Waals surface area contributed by atoms with Gasteiger partial charge in [0.2, 0.25) is 0 Å². The molecule has 0 spiro atoms. The second kappa shape index (κ2) is 3.89. The molecule has 1 amide bonds. The van der Waals surface area contributed by atoms with Gasteiger partial charge in [0.25, 0.3) is 0 Å². The molecule has 92 valence electrons. The number of hydrogen-bond acceptors (Lipinski definition) is 4. The average molecular weight is 227 g/mol. The number of rotatable bonds is 1. The highest BCUT2D eigenvalue weighted by molar-refractivity contribution is 5.69. The zero-order valence-electron chi connectivity index (χ0n) is 10.3. The van der Waals surface area contributed by atoms with E-state index in [1.807, 2.05) is 20.8 Å². The first-order chi connectivity index (χ1) is 7.35. The van der Waals surface area contributed by atoms with E-state index in [9.17, 15) is 4.79 Å². The van der Waals surface area contributed by atoms with Crippen molar-refractivity contribution in [3.05, 3.63) is 0 Å². The molecule has 2 saturated heterocycles. The van der Waals surface area contributed by atoms with E-state index in [2.05, 4.69) is 4.90 Å². The molecule has 2 aliphatic heterocycles. The lowest BCUT2D eigenvalue weighted by Crippen LogP contribution is -2.69. The Hall–Kier alpha value is -0.810. The van der Waals surface area contributed by atoms with Gasteiger partial charge in [0, 0.05) is 38.3 Å². The maximum absolute atomic E-state index is 11.6. The number of carbonyl (C=O) groups is 1. The fourth-order valence-corrected chi connectivity index (χ4v) is 2.01. The standard InChI is InChI=1S/C11H21N3O2/c1-11(2,3)16-10(15)14-6-9(7-14)13-4-8(12)5-13/h8-9H,4-7,12H2,1-3H3. The number of likely N-dealkylation sites (tertiary alicyclic amines) is 2. The van der Waals surface area contributed by atoms with E-state index in [4.69, 9.17) is 10.5 Å². The summed E-state index contributed by atoms with van der Waals surface area (Å²) in [6.07, 6.45) is -0.200. The number of carbonyl (C=O) groups excluding carboxylic acids is 1. The molecule has 0 unspecified atom stereocenters. The first-order valence-corrected chi connectivity index (χ1v) is 5.83. The number of hydrogen-bond donors (Lipinski definition) is 1. The number of nitrogens with zero attached hydrogens (tertiary/aromatic N) is 2. The van der Waals surface area contributed by atoms with E-state index in [0.29, 0.717) is 12.1 Å². The van der Waals surface area contributed by atoms with Gasteiger partial charge in [-0.25, -0.2) is 4.79 Å². The van der Waals surface area contributed by atoms with E-state index in [-0.39, 0.29) is 6.09 Å². The molecule has 0 aromatic rings. The zero-order valence-corrected chi connectivity index (χ0v) is 10.3. The molecule has 0 atom stereocenters. The van der Waals surface area contributed by atoms with E-state index in [1.165, 1.54) is 0 Å². The minimum atomic E-state index is -0.402. The van der Waals surface area contributed by atoms with Crippen molar-refractivity contribution in [2.75, 3.05) is 26.2 Å². The van der Waals surface area contributed by atoms with Crippen LogP contribution in [0.5, 0.6) is 0 Å². The first kappa shape index (κ1) is 11.7. The summed E-state index contributed by atoms with van der Waals surface area (Å²) in [6, 6.07) is 0.822. The highest BCUT2D eigenvalue weighted by atomic mass is 16.6. The third-order valence-electron chi connectivity index (χ3n) is 2.97.